The van der Waals surface area contributed by atoms with Gasteiger partial charge >= 0.3 is 0 Å². The molecular formula is C118H114N4O4S10. The molecule has 0 spiro atoms. The molecule has 136 heavy (non-hydrogen) atoms. The third-order valence-electron chi connectivity index (χ3n) is 28.7. The van der Waals surface area contributed by atoms with E-state index in [2.05, 4.69) is 213 Å². The molecule has 0 bridgehead atoms. The van der Waals surface area contributed by atoms with Crippen LogP contribution in [0.1, 0.15) is 316 Å². The van der Waals surface area contributed by atoms with Gasteiger partial charge in [0, 0.05) is 82.9 Å². The Morgan fingerprint density at radius 2 is 0.684 bits per heavy atom. The third kappa shape index (κ3) is 17.4. The Labute approximate surface area is 841 Å². The van der Waals surface area contributed by atoms with E-state index in [4.69, 9.17) is 9.47 Å². The van der Waals surface area contributed by atoms with E-state index in [0.717, 1.165) is 162 Å². The van der Waals surface area contributed by atoms with E-state index in [1.54, 1.807) is 45.3 Å². The number of carbonyl (C=O) groups is 2. The molecule has 4 aliphatic carbocycles. The average molecular weight is 1970 g/mol. The maximum absolute atomic E-state index is 15.0. The molecule has 0 amide bonds. The number of ether oxygens (including phenoxy) is 2. The minimum atomic E-state index is -0.841. The third-order valence-corrected chi connectivity index (χ3v) is 40.5. The highest BCUT2D eigenvalue weighted by Gasteiger charge is 2.55. The normalized spacial score (nSPS) is 14.8. The quantitative estimate of drug-likeness (QED) is 0.0209. The van der Waals surface area contributed by atoms with Crippen LogP contribution in [0.3, 0.4) is 0 Å². The number of thiophene rings is 10. The fourth-order valence-corrected chi connectivity index (χ4v) is 33.9. The van der Waals surface area contributed by atoms with Gasteiger partial charge in [-0.25, -0.2) is 0 Å². The number of allylic oxidation sites excluding steroid dienone is 6. The number of carbonyl (C=O) groups excluding carboxylic acids is 2. The molecule has 10 heterocycles. The Kier molecular flexibility index (Phi) is 29.3. The van der Waals surface area contributed by atoms with Crippen LogP contribution in [0.2, 0.25) is 0 Å². The SMILES string of the molecule is CCCCCCc1ccc(C2(c3ccc(CCCCCC)cc3)c3cc4c(cc3-c3sc5cc(-c6sc(/C=C7\C(=O)c8sc9ccsc9c8C7=C(C#N)C#N)cc6OCC(CC)CCCC)sc5c32)C(c2ccc(CCCCCC)cc2)(c2ccc(CCCCCC)cc2)c2c-4sc3cc(-c4sc(/C=C5\C(=O)c6sc7ccsc7c6C5=C(C#N)C#N)cc4OCC(CC)CCCC)sc23)cc1. The largest absolute Gasteiger partial charge is 0.492 e. The van der Waals surface area contributed by atoms with Crippen LogP contribution in [0.25, 0.3) is 101 Å². The van der Waals surface area contributed by atoms with E-state index in [1.807, 2.05) is 80.4 Å². The molecule has 690 valence electrons. The summed E-state index contributed by atoms with van der Waals surface area (Å²) in [5, 5.41) is 46.8. The van der Waals surface area contributed by atoms with Crippen molar-refractivity contribution in [3.63, 3.8) is 0 Å². The molecule has 0 aliphatic heterocycles. The number of hydrogen-bond donors (Lipinski definition) is 0. The molecule has 0 radical (unpaired) electrons. The molecule has 0 fully saturated rings. The fraction of sp³-hybridized carbons (Fsp3) is 0.356. The van der Waals surface area contributed by atoms with Crippen molar-refractivity contribution in [3.05, 3.63) is 276 Å². The number of nitrogens with zero attached hydrogens (tertiary/aromatic N) is 4. The first-order valence-corrected chi connectivity index (χ1v) is 57.9. The lowest BCUT2D eigenvalue weighted by molar-refractivity contribution is 0.103. The smallest absolute Gasteiger partial charge is 0.204 e. The fourth-order valence-electron chi connectivity index (χ4n) is 21.4. The molecule has 10 aromatic heterocycles. The summed E-state index contributed by atoms with van der Waals surface area (Å²) in [6.45, 7) is 19.3. The number of rotatable bonds is 42. The molecule has 19 rings (SSSR count). The van der Waals surface area contributed by atoms with Gasteiger partial charge in [-0.15, -0.1) is 113 Å². The molecular weight excluding hydrogens is 1860 g/mol. The van der Waals surface area contributed by atoms with E-state index in [1.165, 1.54) is 206 Å². The van der Waals surface area contributed by atoms with Crippen LogP contribution >= 0.6 is 113 Å². The van der Waals surface area contributed by atoms with Crippen LogP contribution in [0.5, 0.6) is 11.5 Å². The predicted octanol–water partition coefficient (Wildman–Crippen LogP) is 36.8. The van der Waals surface area contributed by atoms with Gasteiger partial charge in [-0.05, 0) is 214 Å². The van der Waals surface area contributed by atoms with Crippen molar-refractivity contribution in [1.82, 2.24) is 0 Å². The lowest BCUT2D eigenvalue weighted by Crippen LogP contribution is -2.30. The van der Waals surface area contributed by atoms with E-state index in [-0.39, 0.29) is 22.7 Å². The Hall–Kier alpha value is -10.0. The van der Waals surface area contributed by atoms with Crippen molar-refractivity contribution in [2.45, 2.75) is 246 Å². The van der Waals surface area contributed by atoms with Crippen molar-refractivity contribution in [1.29, 1.82) is 21.0 Å². The lowest BCUT2D eigenvalue weighted by Gasteiger charge is -2.36. The minimum absolute atomic E-state index is 0.0637. The van der Waals surface area contributed by atoms with E-state index >= 15 is 9.59 Å². The highest BCUT2D eigenvalue weighted by Crippen LogP contribution is 2.70. The van der Waals surface area contributed by atoms with E-state index in [0.29, 0.717) is 68.2 Å². The van der Waals surface area contributed by atoms with Gasteiger partial charge in [0.2, 0.25) is 11.6 Å². The highest BCUT2D eigenvalue weighted by atomic mass is 32.1. The molecule has 2 unspecified atom stereocenters. The summed E-state index contributed by atoms with van der Waals surface area (Å²) in [4.78, 5) is 39.6. The summed E-state index contributed by atoms with van der Waals surface area (Å²) in [5.74, 6) is 1.89. The molecule has 4 aliphatic rings. The first-order chi connectivity index (χ1) is 66.7. The molecule has 0 saturated heterocycles. The van der Waals surface area contributed by atoms with Gasteiger partial charge in [0.1, 0.15) is 46.9 Å². The second kappa shape index (κ2) is 42.0. The monoisotopic (exact) mass is 1970 g/mol. The first-order valence-electron chi connectivity index (χ1n) is 49.6. The highest BCUT2D eigenvalue weighted by molar-refractivity contribution is 7.34. The molecule has 0 saturated carbocycles. The Bertz CT molecular complexity index is 6750. The zero-order chi connectivity index (χ0) is 93.9. The van der Waals surface area contributed by atoms with Gasteiger partial charge in [0.15, 0.2) is 0 Å². The summed E-state index contributed by atoms with van der Waals surface area (Å²) >= 11 is 16.8. The maximum Gasteiger partial charge on any atom is 0.204 e. The molecule has 5 aromatic carbocycles. The number of Topliss-reactive ketones (excluding diaryl/α,β-unsaturated/α-hetero) is 2. The van der Waals surface area contributed by atoms with Crippen molar-refractivity contribution in [2.24, 2.45) is 11.8 Å². The van der Waals surface area contributed by atoms with Crippen molar-refractivity contribution < 1.29 is 19.1 Å². The second-order valence-electron chi connectivity index (χ2n) is 37.4. The Morgan fingerprint density at radius 3 is 1.00 bits per heavy atom. The lowest BCUT2D eigenvalue weighted by atomic mass is 9.65. The van der Waals surface area contributed by atoms with Gasteiger partial charge in [-0.3, -0.25) is 9.59 Å². The standard InChI is InChI=1S/C118H114N4O4S10/c1-9-17-23-27-33-73-37-45-79(46-38-73)117(80-47-39-74(40-48-80)34-28-24-18-10-2)89-61-86-90(62-85(89)107-103(117)113-97(133-107)63-95(135-113)109-91(125-69-71(15-7)31-21-13-5)59-83(129-109)57-87-99(77(65-119)66-120)101-111-93(53-55-127-111)131-115(101)105(87)123)118(81-49-41-75(42-50-81)35-29-25-19-11-3,82-51-43-76(44-52-82)36-30-26-20-12-4)104-108(86)134-98-64-96(136-114(98)104)110-92(126-70-72(16-8)32-22-14-6)60-84(130-110)58-88-100(78(67-121)68-122)102-112-94(54-56-128-112)132-116(102)106(88)124/h37-64,71-72H,9-36,69-70H2,1-8H3/b87-57-,88-58-. The second-order valence-corrected chi connectivity index (χ2v) is 47.7. The number of ketones is 2. The molecule has 18 heteroatoms. The van der Waals surface area contributed by atoms with Gasteiger partial charge in [0.05, 0.1) is 72.1 Å². The molecule has 15 aromatic rings. The zero-order valence-corrected chi connectivity index (χ0v) is 87.2. The van der Waals surface area contributed by atoms with Crippen molar-refractivity contribution in [3.8, 4) is 76.2 Å². The minimum Gasteiger partial charge on any atom is -0.492 e. The number of fused-ring (bicyclic) bond motifs is 16. The molecule has 0 N–H and O–H groups in total. The molecule has 2 atom stereocenters. The average Bonchev–Trinajstić information content (AvgIpc) is 1.49. The number of aryl methyl sites for hydroxylation is 4. The number of benzene rings is 5. The van der Waals surface area contributed by atoms with E-state index < -0.39 is 10.8 Å². The van der Waals surface area contributed by atoms with Crippen LogP contribution in [-0.4, -0.2) is 24.8 Å². The van der Waals surface area contributed by atoms with Crippen molar-refractivity contribution >= 4 is 186 Å². The van der Waals surface area contributed by atoms with Crippen LogP contribution in [0.15, 0.2) is 179 Å². The van der Waals surface area contributed by atoms with Gasteiger partial charge in [-0.1, -0.05) is 268 Å². The maximum atomic E-state index is 15.0. The molecule has 8 nitrogen and oxygen atoms in total. The predicted molar refractivity (Wildman–Crippen MR) is 583 cm³/mol. The zero-order valence-electron chi connectivity index (χ0n) is 79.0. The van der Waals surface area contributed by atoms with Gasteiger partial charge in [-0.2, -0.15) is 21.0 Å². The first kappa shape index (κ1) is 94.9. The summed E-state index contributed by atoms with van der Waals surface area (Å²) in [6, 6.07) is 66.9. The number of nitriles is 4. The summed E-state index contributed by atoms with van der Waals surface area (Å²) in [5.41, 5.74) is 19.1. The van der Waals surface area contributed by atoms with Gasteiger partial charge in [0.25, 0.3) is 0 Å². The Morgan fingerprint density at radius 1 is 0.353 bits per heavy atom. The van der Waals surface area contributed by atoms with Gasteiger partial charge < -0.3 is 9.47 Å². The van der Waals surface area contributed by atoms with Crippen LogP contribution in [0.4, 0.5) is 0 Å². The summed E-state index contributed by atoms with van der Waals surface area (Å²) in [6.07, 6.45) is 35.3. The van der Waals surface area contributed by atoms with Crippen molar-refractivity contribution in [2.75, 3.05) is 13.2 Å². The topological polar surface area (TPSA) is 148 Å². The van der Waals surface area contributed by atoms with E-state index in [9.17, 15) is 21.0 Å². The Balaban J connectivity index is 0.852. The summed E-state index contributed by atoms with van der Waals surface area (Å²) < 4.78 is 23.2. The number of unbranched alkanes of at least 4 members (excludes halogenated alkanes) is 14. The summed E-state index contributed by atoms with van der Waals surface area (Å²) in [7, 11) is 0. The van der Waals surface area contributed by atoms with Crippen LogP contribution in [0, 0.1) is 57.2 Å². The van der Waals surface area contributed by atoms with Crippen LogP contribution in [-0.2, 0) is 36.5 Å². The number of hydrogen-bond acceptors (Lipinski definition) is 18. The van der Waals surface area contributed by atoms with Crippen LogP contribution < -0.4 is 9.47 Å².